The predicted molar refractivity (Wildman–Crippen MR) is 151 cm³/mol. The molecule has 1 aliphatic heterocycles. The van der Waals surface area contributed by atoms with Crippen LogP contribution in [0.5, 0.6) is 0 Å². The molecule has 0 aliphatic carbocycles. The SMILES string of the molecule is NCC(O)CNC(=O)c1cc(-c2c[nH]c3ccc(Br)cc23)nc2ccc(C#CCN3CCCCC3)cc12. The summed E-state index contributed by atoms with van der Waals surface area (Å²) in [7, 11) is 0. The molecule has 2 aromatic carbocycles. The number of rotatable bonds is 6. The van der Waals surface area contributed by atoms with Gasteiger partial charge >= 0.3 is 0 Å². The quantitative estimate of drug-likeness (QED) is 0.267. The van der Waals surface area contributed by atoms with Gasteiger partial charge in [0.25, 0.3) is 5.91 Å². The Morgan fingerprint density at radius 2 is 2.00 bits per heavy atom. The highest BCUT2D eigenvalue weighted by Gasteiger charge is 2.17. The van der Waals surface area contributed by atoms with E-state index in [0.29, 0.717) is 22.2 Å². The maximum absolute atomic E-state index is 13.3. The summed E-state index contributed by atoms with van der Waals surface area (Å²) in [6.07, 6.45) is 4.86. The van der Waals surface area contributed by atoms with Crippen molar-refractivity contribution >= 4 is 43.6 Å². The van der Waals surface area contributed by atoms with Crippen molar-refractivity contribution in [2.45, 2.75) is 25.4 Å². The lowest BCUT2D eigenvalue weighted by molar-refractivity contribution is 0.0921. The van der Waals surface area contributed by atoms with Crippen LogP contribution in [0, 0.1) is 11.8 Å². The van der Waals surface area contributed by atoms with Crippen molar-refractivity contribution in [2.75, 3.05) is 32.7 Å². The van der Waals surface area contributed by atoms with Gasteiger partial charge < -0.3 is 21.1 Å². The van der Waals surface area contributed by atoms with E-state index in [4.69, 9.17) is 10.7 Å². The van der Waals surface area contributed by atoms with E-state index in [-0.39, 0.29) is 19.0 Å². The van der Waals surface area contributed by atoms with Gasteiger partial charge in [-0.25, -0.2) is 4.98 Å². The van der Waals surface area contributed by atoms with Crippen molar-refractivity contribution in [2.24, 2.45) is 5.73 Å². The number of likely N-dealkylation sites (tertiary alicyclic amines) is 1. The van der Waals surface area contributed by atoms with Crippen LogP contribution in [0.3, 0.4) is 0 Å². The van der Waals surface area contributed by atoms with Crippen molar-refractivity contribution < 1.29 is 9.90 Å². The van der Waals surface area contributed by atoms with Crippen LogP contribution in [0.25, 0.3) is 33.1 Å². The van der Waals surface area contributed by atoms with Gasteiger partial charge in [-0.05, 0) is 68.4 Å². The lowest BCUT2D eigenvalue weighted by Gasteiger charge is -2.23. The van der Waals surface area contributed by atoms with Crippen LogP contribution < -0.4 is 11.1 Å². The van der Waals surface area contributed by atoms with Crippen molar-refractivity contribution in [1.29, 1.82) is 0 Å². The Balaban J connectivity index is 1.54. The van der Waals surface area contributed by atoms with E-state index in [1.807, 2.05) is 42.6 Å². The first kappa shape index (κ1) is 25.4. The Morgan fingerprint density at radius 3 is 2.81 bits per heavy atom. The molecule has 7 nitrogen and oxygen atoms in total. The largest absolute Gasteiger partial charge is 0.390 e. The van der Waals surface area contributed by atoms with Crippen molar-refractivity contribution in [3.8, 4) is 23.1 Å². The minimum Gasteiger partial charge on any atom is -0.390 e. The molecule has 5 N–H and O–H groups in total. The number of aliphatic hydroxyl groups excluding tert-OH is 1. The van der Waals surface area contributed by atoms with Crippen molar-refractivity contribution in [1.82, 2.24) is 20.2 Å². The number of benzene rings is 2. The number of carbonyl (C=O) groups excluding carboxylic acids is 1. The molecule has 2 aromatic heterocycles. The number of nitrogens with zero attached hydrogens (tertiary/aromatic N) is 2. The van der Waals surface area contributed by atoms with Gasteiger partial charge in [0.1, 0.15) is 0 Å². The van der Waals surface area contributed by atoms with Crippen molar-refractivity contribution in [3.63, 3.8) is 0 Å². The van der Waals surface area contributed by atoms with Gasteiger partial charge in [0.05, 0.1) is 29.4 Å². The minimum atomic E-state index is -0.807. The van der Waals surface area contributed by atoms with Crippen LogP contribution >= 0.6 is 15.9 Å². The zero-order chi connectivity index (χ0) is 25.8. The average molecular weight is 560 g/mol. The number of carbonyl (C=O) groups is 1. The second-order valence-corrected chi connectivity index (χ2v) is 10.3. The molecule has 3 heterocycles. The van der Waals surface area contributed by atoms with Gasteiger partial charge in [-0.3, -0.25) is 9.69 Å². The van der Waals surface area contributed by atoms with E-state index in [1.165, 1.54) is 19.3 Å². The third-order valence-corrected chi connectivity index (χ3v) is 7.22. The summed E-state index contributed by atoms with van der Waals surface area (Å²) in [5, 5.41) is 14.4. The summed E-state index contributed by atoms with van der Waals surface area (Å²) >= 11 is 3.55. The molecule has 1 aliphatic rings. The summed E-state index contributed by atoms with van der Waals surface area (Å²) in [5.41, 5.74) is 10.1. The molecule has 0 radical (unpaired) electrons. The zero-order valence-corrected chi connectivity index (χ0v) is 22.1. The van der Waals surface area contributed by atoms with E-state index in [2.05, 4.69) is 43.0 Å². The minimum absolute atomic E-state index is 0.0730. The number of fused-ring (bicyclic) bond motifs is 2. The lowest BCUT2D eigenvalue weighted by atomic mass is 10.0. The lowest BCUT2D eigenvalue weighted by Crippen LogP contribution is -2.36. The molecule has 190 valence electrons. The third-order valence-electron chi connectivity index (χ3n) is 6.73. The average Bonchev–Trinajstić information content (AvgIpc) is 3.34. The number of hydrogen-bond acceptors (Lipinski definition) is 5. The van der Waals surface area contributed by atoms with E-state index < -0.39 is 6.10 Å². The van der Waals surface area contributed by atoms with Gasteiger partial charge in [0, 0.05) is 51.2 Å². The van der Waals surface area contributed by atoms with Gasteiger partial charge in [0.15, 0.2) is 0 Å². The fourth-order valence-corrected chi connectivity index (χ4v) is 5.06. The van der Waals surface area contributed by atoms with E-state index in [0.717, 1.165) is 46.1 Å². The smallest absolute Gasteiger partial charge is 0.252 e. The van der Waals surface area contributed by atoms with Crippen molar-refractivity contribution in [3.05, 3.63) is 64.3 Å². The molecule has 0 spiro atoms. The van der Waals surface area contributed by atoms with Crippen LogP contribution in [0.4, 0.5) is 0 Å². The van der Waals surface area contributed by atoms with Crippen LogP contribution in [-0.4, -0.2) is 64.7 Å². The maximum Gasteiger partial charge on any atom is 0.252 e. The molecule has 1 atom stereocenters. The summed E-state index contributed by atoms with van der Waals surface area (Å²) in [6, 6.07) is 13.6. The van der Waals surface area contributed by atoms with E-state index >= 15 is 0 Å². The topological polar surface area (TPSA) is 107 Å². The van der Waals surface area contributed by atoms with Gasteiger partial charge in [-0.2, -0.15) is 0 Å². The Labute approximate surface area is 224 Å². The number of amides is 1. The summed E-state index contributed by atoms with van der Waals surface area (Å²) in [4.78, 5) is 23.9. The van der Waals surface area contributed by atoms with Gasteiger partial charge in [-0.1, -0.05) is 34.2 Å². The second kappa shape index (κ2) is 11.4. The molecule has 37 heavy (non-hydrogen) atoms. The number of piperidine rings is 1. The molecule has 0 bridgehead atoms. The monoisotopic (exact) mass is 559 g/mol. The molecular weight excluding hydrogens is 530 g/mol. The first-order valence-electron chi connectivity index (χ1n) is 12.6. The Morgan fingerprint density at radius 1 is 1.16 bits per heavy atom. The molecule has 4 aromatic rings. The predicted octanol–water partition coefficient (Wildman–Crippen LogP) is 4.03. The molecule has 1 fully saturated rings. The number of nitrogens with two attached hydrogens (primary N) is 1. The number of aromatic nitrogens is 2. The number of aliphatic hydroxyl groups is 1. The third kappa shape index (κ3) is 5.86. The molecule has 8 heteroatoms. The number of halogens is 1. The van der Waals surface area contributed by atoms with Gasteiger partial charge in [-0.15, -0.1) is 0 Å². The highest BCUT2D eigenvalue weighted by atomic mass is 79.9. The second-order valence-electron chi connectivity index (χ2n) is 9.42. The highest BCUT2D eigenvalue weighted by molar-refractivity contribution is 9.10. The van der Waals surface area contributed by atoms with Crippen LogP contribution in [0.15, 0.2) is 53.1 Å². The number of hydrogen-bond donors (Lipinski definition) is 4. The number of nitrogens with one attached hydrogen (secondary N) is 2. The number of aromatic amines is 1. The normalized spacial score (nSPS) is 14.9. The molecule has 0 saturated carbocycles. The molecule has 1 unspecified atom stereocenters. The molecule has 5 rings (SSSR count). The first-order valence-corrected chi connectivity index (χ1v) is 13.4. The maximum atomic E-state index is 13.3. The van der Waals surface area contributed by atoms with Gasteiger partial charge in [0.2, 0.25) is 0 Å². The molecular formula is C29H30BrN5O2. The van der Waals surface area contributed by atoms with Crippen LogP contribution in [0.2, 0.25) is 0 Å². The van der Waals surface area contributed by atoms with Crippen LogP contribution in [-0.2, 0) is 0 Å². The fraction of sp³-hybridized carbons (Fsp3) is 0.310. The van der Waals surface area contributed by atoms with E-state index in [9.17, 15) is 9.90 Å². The number of H-pyrrole nitrogens is 1. The standard InChI is InChI=1S/C29H30BrN5O2/c30-20-7-9-26-23(14-20)25(18-32-26)28-15-24(29(37)33-17-21(36)16-31)22-13-19(6-8-27(22)34-28)5-4-12-35-10-2-1-3-11-35/h6-9,13-15,18,21,32,36H,1-3,10-12,16-17,31H2,(H,33,37). The van der Waals surface area contributed by atoms with Crippen LogP contribution in [0.1, 0.15) is 35.2 Å². The Hall–Kier alpha value is -3.22. The summed E-state index contributed by atoms with van der Waals surface area (Å²) in [5.74, 6) is 6.26. The first-order chi connectivity index (χ1) is 18.0. The molecule has 1 amide bonds. The summed E-state index contributed by atoms with van der Waals surface area (Å²) in [6.45, 7) is 3.09. The Bertz CT molecular complexity index is 1500. The summed E-state index contributed by atoms with van der Waals surface area (Å²) < 4.78 is 0.961. The van der Waals surface area contributed by atoms with E-state index in [1.54, 1.807) is 6.07 Å². The molecule has 1 saturated heterocycles. The highest BCUT2D eigenvalue weighted by Crippen LogP contribution is 2.32. The number of pyridine rings is 1. The Kier molecular flexibility index (Phi) is 7.87. The fourth-order valence-electron chi connectivity index (χ4n) is 4.69. The zero-order valence-electron chi connectivity index (χ0n) is 20.6.